The Bertz CT molecular complexity index is 1570. The second kappa shape index (κ2) is 10.5. The number of hydrogen-bond donors (Lipinski definition) is 2. The normalized spacial score (nSPS) is 22.7. The largest absolute Gasteiger partial charge is 0.465 e. The Balaban J connectivity index is 1.28. The minimum Gasteiger partial charge on any atom is -0.465 e. The second-order valence-electron chi connectivity index (χ2n) is 13.3. The molecule has 3 aromatic rings. The van der Waals surface area contributed by atoms with Crippen LogP contribution in [0.15, 0.2) is 30.6 Å². The molecule has 6 rings (SSSR count). The van der Waals surface area contributed by atoms with Gasteiger partial charge in [-0.2, -0.15) is 4.98 Å². The Morgan fingerprint density at radius 1 is 1.07 bits per heavy atom. The predicted molar refractivity (Wildman–Crippen MR) is 163 cm³/mol. The van der Waals surface area contributed by atoms with Crippen molar-refractivity contribution in [3.8, 4) is 0 Å². The van der Waals surface area contributed by atoms with Gasteiger partial charge in [0.25, 0.3) is 5.91 Å². The highest BCUT2D eigenvalue weighted by Crippen LogP contribution is 2.49. The molecule has 2 N–H and O–H groups in total. The fourth-order valence-corrected chi connectivity index (χ4v) is 7.29. The first-order valence-corrected chi connectivity index (χ1v) is 15.0. The summed E-state index contributed by atoms with van der Waals surface area (Å²) in [6.07, 6.45) is 8.17. The number of anilines is 3. The van der Waals surface area contributed by atoms with E-state index in [0.29, 0.717) is 41.6 Å². The van der Waals surface area contributed by atoms with Gasteiger partial charge in [0.05, 0.1) is 17.4 Å². The Kier molecular flexibility index (Phi) is 7.05. The molecule has 3 fully saturated rings. The van der Waals surface area contributed by atoms with Gasteiger partial charge in [-0.15, -0.1) is 0 Å². The topological polar surface area (TPSA) is 137 Å². The molecule has 1 aliphatic carbocycles. The average molecular weight is 589 g/mol. The van der Waals surface area contributed by atoms with E-state index in [-0.39, 0.29) is 42.3 Å². The van der Waals surface area contributed by atoms with Crippen LogP contribution >= 0.6 is 0 Å². The highest BCUT2D eigenvalue weighted by molar-refractivity contribution is 5.98. The number of aromatic nitrogens is 4. The summed E-state index contributed by atoms with van der Waals surface area (Å²) in [6, 6.07) is 5.35. The second-order valence-corrected chi connectivity index (χ2v) is 13.3. The van der Waals surface area contributed by atoms with Gasteiger partial charge in [0, 0.05) is 50.7 Å². The Hall–Kier alpha value is -4.22. The number of amides is 3. The van der Waals surface area contributed by atoms with Crippen molar-refractivity contribution >= 4 is 46.4 Å². The summed E-state index contributed by atoms with van der Waals surface area (Å²) in [4.78, 5) is 57.5. The van der Waals surface area contributed by atoms with Crippen LogP contribution in [0, 0.1) is 5.41 Å². The molecule has 0 aromatic carbocycles. The lowest BCUT2D eigenvalue weighted by Crippen LogP contribution is -2.61. The Morgan fingerprint density at radius 2 is 1.81 bits per heavy atom. The van der Waals surface area contributed by atoms with E-state index in [1.807, 2.05) is 32.9 Å². The molecule has 2 atom stereocenters. The first kappa shape index (κ1) is 28.9. The molecule has 5 heterocycles. The monoisotopic (exact) mass is 588 g/mol. The summed E-state index contributed by atoms with van der Waals surface area (Å²) in [7, 11) is 3.50. The number of carbonyl (C=O) groups is 3. The maximum atomic E-state index is 13.4. The van der Waals surface area contributed by atoms with Gasteiger partial charge < -0.3 is 24.8 Å². The van der Waals surface area contributed by atoms with Crippen LogP contribution < -0.4 is 10.2 Å². The van der Waals surface area contributed by atoms with Crippen molar-refractivity contribution in [3.05, 3.63) is 36.3 Å². The first-order chi connectivity index (χ1) is 20.4. The van der Waals surface area contributed by atoms with Crippen LogP contribution in [-0.2, 0) is 4.79 Å². The van der Waals surface area contributed by atoms with Gasteiger partial charge in [0.15, 0.2) is 0 Å². The van der Waals surface area contributed by atoms with E-state index in [2.05, 4.69) is 19.9 Å². The van der Waals surface area contributed by atoms with Crippen LogP contribution in [0.2, 0.25) is 0 Å². The molecule has 3 aliphatic rings. The molecule has 12 heteroatoms. The molecule has 3 amide bonds. The minimum atomic E-state index is -0.973. The number of pyridine rings is 1. The highest BCUT2D eigenvalue weighted by Gasteiger charge is 2.59. The molecule has 1 unspecified atom stereocenters. The van der Waals surface area contributed by atoms with Crippen molar-refractivity contribution in [2.45, 2.75) is 83.3 Å². The van der Waals surface area contributed by atoms with Crippen molar-refractivity contribution in [3.63, 3.8) is 0 Å². The van der Waals surface area contributed by atoms with Crippen molar-refractivity contribution < 1.29 is 19.5 Å². The third-order valence-corrected chi connectivity index (χ3v) is 9.64. The SMILES string of the molecule is CN(C)C(=O)c1cc2cnc(Nc3ccc(N4CC5(C(C)(C)C)CC[C@@H](CC4=O)N5C(=O)O)cn3)nc2n1C1CCCC1. The van der Waals surface area contributed by atoms with Crippen LogP contribution in [0.5, 0.6) is 0 Å². The first-order valence-electron chi connectivity index (χ1n) is 15.0. The van der Waals surface area contributed by atoms with Gasteiger partial charge >= 0.3 is 6.09 Å². The lowest BCUT2D eigenvalue weighted by molar-refractivity contribution is -0.119. The van der Waals surface area contributed by atoms with Crippen LogP contribution in [0.3, 0.4) is 0 Å². The molecule has 2 saturated heterocycles. The van der Waals surface area contributed by atoms with Crippen LogP contribution in [0.25, 0.3) is 11.0 Å². The number of hydrogen-bond acceptors (Lipinski definition) is 7. The summed E-state index contributed by atoms with van der Waals surface area (Å²) < 4.78 is 2.07. The van der Waals surface area contributed by atoms with Gasteiger partial charge in [-0.3, -0.25) is 14.5 Å². The molecule has 2 aliphatic heterocycles. The van der Waals surface area contributed by atoms with Gasteiger partial charge in [-0.1, -0.05) is 33.6 Å². The average Bonchev–Trinajstić information content (AvgIpc) is 3.66. The molecule has 2 bridgehead atoms. The zero-order chi connectivity index (χ0) is 30.7. The fourth-order valence-electron chi connectivity index (χ4n) is 7.29. The maximum absolute atomic E-state index is 13.4. The molecular formula is C31H40N8O4. The molecule has 228 valence electrons. The van der Waals surface area contributed by atoms with Gasteiger partial charge in [-0.25, -0.2) is 14.8 Å². The van der Waals surface area contributed by atoms with Gasteiger partial charge in [0.1, 0.15) is 17.2 Å². The van der Waals surface area contributed by atoms with Crippen LogP contribution in [0.1, 0.15) is 82.2 Å². The van der Waals surface area contributed by atoms with Crippen molar-refractivity contribution in [2.75, 3.05) is 30.9 Å². The van der Waals surface area contributed by atoms with E-state index >= 15 is 0 Å². The predicted octanol–water partition coefficient (Wildman–Crippen LogP) is 5.05. The standard InChI is InChI=1S/C31H40N8O4/c1-30(2,3)31-13-12-21(39(31)29(42)43)15-25(40)37(18-31)22-10-11-24(32-17-22)34-28-33-16-19-14-23(27(41)36(4)5)38(26(19)35-28)20-8-6-7-9-20/h10-11,14,16-17,20-21H,6-9,12-13,15,18H2,1-5H3,(H,42,43)(H,32,33,34,35)/t21-,31?/m0/s1. The molecule has 0 spiro atoms. The Labute approximate surface area is 251 Å². The summed E-state index contributed by atoms with van der Waals surface area (Å²) in [5.74, 6) is 0.704. The third-order valence-electron chi connectivity index (χ3n) is 9.64. The summed E-state index contributed by atoms with van der Waals surface area (Å²) in [5.41, 5.74) is 0.881. The summed E-state index contributed by atoms with van der Waals surface area (Å²) in [5, 5.41) is 14.1. The number of carbonyl (C=O) groups excluding carboxylic acids is 2. The van der Waals surface area contributed by atoms with Crippen LogP contribution in [-0.4, -0.2) is 84.6 Å². The van der Waals surface area contributed by atoms with Crippen molar-refractivity contribution in [1.82, 2.24) is 29.3 Å². The van der Waals surface area contributed by atoms with E-state index in [4.69, 9.17) is 4.98 Å². The summed E-state index contributed by atoms with van der Waals surface area (Å²) in [6.45, 7) is 6.41. The van der Waals surface area contributed by atoms with E-state index in [0.717, 1.165) is 31.1 Å². The number of rotatable bonds is 5. The number of nitrogens with one attached hydrogen (secondary N) is 1. The minimum absolute atomic E-state index is 0.0624. The molecule has 1 saturated carbocycles. The van der Waals surface area contributed by atoms with Gasteiger partial charge in [-0.05, 0) is 49.3 Å². The zero-order valence-electron chi connectivity index (χ0n) is 25.5. The van der Waals surface area contributed by atoms with Crippen LogP contribution in [0.4, 0.5) is 22.2 Å². The zero-order valence-corrected chi connectivity index (χ0v) is 25.5. The quantitative estimate of drug-likeness (QED) is 0.423. The maximum Gasteiger partial charge on any atom is 0.408 e. The molecule has 43 heavy (non-hydrogen) atoms. The molecular weight excluding hydrogens is 548 g/mol. The number of carboxylic acid groups (broad SMARTS) is 1. The van der Waals surface area contributed by atoms with Crippen molar-refractivity contribution in [2.24, 2.45) is 5.41 Å². The lowest BCUT2D eigenvalue weighted by atomic mass is 9.71. The van der Waals surface area contributed by atoms with Crippen molar-refractivity contribution in [1.29, 1.82) is 0 Å². The number of nitrogens with zero attached hydrogens (tertiary/aromatic N) is 7. The lowest BCUT2D eigenvalue weighted by Gasteiger charge is -2.48. The Morgan fingerprint density at radius 3 is 2.44 bits per heavy atom. The van der Waals surface area contributed by atoms with E-state index in [1.54, 1.807) is 47.3 Å². The molecule has 3 aromatic heterocycles. The summed E-state index contributed by atoms with van der Waals surface area (Å²) >= 11 is 0. The molecule has 0 radical (unpaired) electrons. The van der Waals surface area contributed by atoms with E-state index in [9.17, 15) is 19.5 Å². The van der Waals surface area contributed by atoms with E-state index in [1.165, 1.54) is 0 Å². The smallest absolute Gasteiger partial charge is 0.408 e. The highest BCUT2D eigenvalue weighted by atomic mass is 16.4. The van der Waals surface area contributed by atoms with E-state index < -0.39 is 11.6 Å². The van der Waals surface area contributed by atoms with Gasteiger partial charge in [0.2, 0.25) is 11.9 Å². The third kappa shape index (κ3) is 4.86. The number of fused-ring (bicyclic) bond motifs is 3. The molecule has 12 nitrogen and oxygen atoms in total. The fraction of sp³-hybridized carbons (Fsp3) is 0.548.